The molecule has 0 radical (unpaired) electrons. The first-order valence-electron chi connectivity index (χ1n) is 6.08. The molecule has 1 aromatic carbocycles. The second kappa shape index (κ2) is 5.16. The van der Waals surface area contributed by atoms with Crippen LogP contribution >= 0.6 is 11.6 Å². The molecule has 1 amide bonds. The molecule has 0 unspecified atom stereocenters. The van der Waals surface area contributed by atoms with E-state index in [0.717, 1.165) is 31.6 Å². The maximum absolute atomic E-state index is 11.4. The third-order valence-electron chi connectivity index (χ3n) is 3.39. The monoisotopic (exact) mass is 267 g/mol. The molecule has 0 aliphatic carbocycles. The molecule has 98 valence electrons. The largest absolute Gasteiger partial charge is 0.379 e. The number of benzene rings is 1. The summed E-state index contributed by atoms with van der Waals surface area (Å²) in [4.78, 5) is 11.4. The van der Waals surface area contributed by atoms with Gasteiger partial charge < -0.3 is 16.4 Å². The van der Waals surface area contributed by atoms with Crippen molar-refractivity contribution in [3.8, 4) is 0 Å². The number of hydrogen-bond donors (Lipinski definition) is 3. The van der Waals surface area contributed by atoms with E-state index in [2.05, 4.69) is 17.6 Å². The Kier molecular flexibility index (Phi) is 3.78. The molecule has 1 saturated heterocycles. The van der Waals surface area contributed by atoms with Crippen LogP contribution in [0.2, 0.25) is 5.02 Å². The van der Waals surface area contributed by atoms with Crippen molar-refractivity contribution in [1.29, 1.82) is 0 Å². The number of carbonyl (C=O) groups is 1. The zero-order valence-electron chi connectivity index (χ0n) is 10.4. The molecule has 1 aromatic rings. The van der Waals surface area contributed by atoms with Gasteiger partial charge in [0.2, 0.25) is 0 Å². The minimum Gasteiger partial charge on any atom is -0.379 e. The van der Waals surface area contributed by atoms with Crippen molar-refractivity contribution < 1.29 is 4.79 Å². The Morgan fingerprint density at radius 3 is 2.72 bits per heavy atom. The summed E-state index contributed by atoms with van der Waals surface area (Å²) in [5.74, 6) is -0.438. The van der Waals surface area contributed by atoms with Crippen LogP contribution in [0.5, 0.6) is 0 Å². The van der Waals surface area contributed by atoms with Crippen LogP contribution in [-0.4, -0.2) is 24.5 Å². The minimum absolute atomic E-state index is 0.0276. The summed E-state index contributed by atoms with van der Waals surface area (Å²) in [5, 5.41) is 7.34. The summed E-state index contributed by atoms with van der Waals surface area (Å²) in [7, 11) is 0. The molecule has 2 rings (SSSR count). The van der Waals surface area contributed by atoms with Gasteiger partial charge in [0.25, 0.3) is 5.91 Å². The highest BCUT2D eigenvalue weighted by atomic mass is 35.5. The number of rotatable bonds is 3. The first-order chi connectivity index (χ1) is 8.50. The van der Waals surface area contributed by atoms with Crippen LogP contribution in [0.1, 0.15) is 30.1 Å². The third-order valence-corrected chi connectivity index (χ3v) is 3.63. The van der Waals surface area contributed by atoms with Gasteiger partial charge in [-0.3, -0.25) is 4.79 Å². The third kappa shape index (κ3) is 2.94. The molecule has 4 nitrogen and oxygen atoms in total. The van der Waals surface area contributed by atoms with Crippen LogP contribution in [0.15, 0.2) is 18.2 Å². The fourth-order valence-corrected chi connectivity index (χ4v) is 2.44. The molecule has 1 aliphatic heterocycles. The van der Waals surface area contributed by atoms with Crippen LogP contribution in [0, 0.1) is 0 Å². The van der Waals surface area contributed by atoms with Gasteiger partial charge in [-0.1, -0.05) is 11.6 Å². The second-order valence-corrected chi connectivity index (χ2v) is 5.43. The molecular formula is C13H18ClN3O. The lowest BCUT2D eigenvalue weighted by Crippen LogP contribution is -2.45. The molecule has 18 heavy (non-hydrogen) atoms. The molecule has 1 fully saturated rings. The van der Waals surface area contributed by atoms with Gasteiger partial charge in [-0.05, 0) is 51.1 Å². The van der Waals surface area contributed by atoms with Crippen molar-refractivity contribution >= 4 is 23.2 Å². The Balaban J connectivity index is 2.26. The highest BCUT2D eigenvalue weighted by molar-refractivity contribution is 6.31. The number of hydrogen-bond acceptors (Lipinski definition) is 3. The number of amides is 1. The molecule has 0 bridgehead atoms. The van der Waals surface area contributed by atoms with Crippen molar-refractivity contribution in [2.45, 2.75) is 25.3 Å². The topological polar surface area (TPSA) is 67.1 Å². The van der Waals surface area contributed by atoms with Gasteiger partial charge >= 0.3 is 0 Å². The summed E-state index contributed by atoms with van der Waals surface area (Å²) < 4.78 is 0. The molecular weight excluding hydrogens is 250 g/mol. The van der Waals surface area contributed by atoms with Crippen LogP contribution in [0.3, 0.4) is 0 Å². The van der Waals surface area contributed by atoms with Crippen molar-refractivity contribution in [3.63, 3.8) is 0 Å². The van der Waals surface area contributed by atoms with E-state index < -0.39 is 5.91 Å². The lowest BCUT2D eigenvalue weighted by atomic mass is 9.90. The predicted molar refractivity (Wildman–Crippen MR) is 74.1 cm³/mol. The van der Waals surface area contributed by atoms with Crippen molar-refractivity contribution in [3.05, 3.63) is 28.8 Å². The first kappa shape index (κ1) is 13.2. The molecule has 1 heterocycles. The minimum atomic E-state index is -0.438. The van der Waals surface area contributed by atoms with Crippen molar-refractivity contribution in [2.75, 3.05) is 18.4 Å². The Labute approximate surface area is 112 Å². The number of nitrogens with one attached hydrogen (secondary N) is 2. The van der Waals surface area contributed by atoms with Gasteiger partial charge in [-0.15, -0.1) is 0 Å². The summed E-state index contributed by atoms with van der Waals surface area (Å²) in [6.45, 7) is 4.09. The van der Waals surface area contributed by atoms with E-state index in [1.54, 1.807) is 18.2 Å². The molecule has 0 atom stereocenters. The SMILES string of the molecule is CC1(Nc2cc(Cl)ccc2C(N)=O)CCNCC1. The number of anilines is 1. The highest BCUT2D eigenvalue weighted by Gasteiger charge is 2.27. The van der Waals surface area contributed by atoms with E-state index in [-0.39, 0.29) is 5.54 Å². The maximum atomic E-state index is 11.4. The Hall–Kier alpha value is -1.26. The first-order valence-corrected chi connectivity index (χ1v) is 6.46. The zero-order chi connectivity index (χ0) is 13.2. The van der Waals surface area contributed by atoms with Crippen molar-refractivity contribution in [1.82, 2.24) is 5.32 Å². The van der Waals surface area contributed by atoms with E-state index >= 15 is 0 Å². The second-order valence-electron chi connectivity index (χ2n) is 4.99. The lowest BCUT2D eigenvalue weighted by molar-refractivity contribution is 0.100. The van der Waals surface area contributed by atoms with E-state index in [1.165, 1.54) is 0 Å². The van der Waals surface area contributed by atoms with Crippen LogP contribution in [0.4, 0.5) is 5.69 Å². The van der Waals surface area contributed by atoms with E-state index in [9.17, 15) is 4.79 Å². The fourth-order valence-electron chi connectivity index (χ4n) is 2.26. The van der Waals surface area contributed by atoms with E-state index in [0.29, 0.717) is 10.6 Å². The van der Waals surface area contributed by atoms with Crippen LogP contribution < -0.4 is 16.4 Å². The lowest BCUT2D eigenvalue weighted by Gasteiger charge is -2.36. The molecule has 0 spiro atoms. The summed E-state index contributed by atoms with van der Waals surface area (Å²) in [5.41, 5.74) is 6.56. The smallest absolute Gasteiger partial charge is 0.250 e. The fraction of sp³-hybridized carbons (Fsp3) is 0.462. The van der Waals surface area contributed by atoms with Gasteiger partial charge in [0.15, 0.2) is 0 Å². The molecule has 0 aromatic heterocycles. The summed E-state index contributed by atoms with van der Waals surface area (Å²) >= 11 is 5.98. The van der Waals surface area contributed by atoms with Gasteiger partial charge in [0, 0.05) is 16.2 Å². The number of primary amides is 1. The van der Waals surface area contributed by atoms with Gasteiger partial charge in [-0.2, -0.15) is 0 Å². The maximum Gasteiger partial charge on any atom is 0.250 e. The predicted octanol–water partition coefficient (Wildman–Crippen LogP) is 1.99. The standard InChI is InChI=1S/C13H18ClN3O/c1-13(4-6-16-7-5-13)17-11-8-9(14)2-3-10(11)12(15)18/h2-3,8,16-17H,4-7H2,1H3,(H2,15,18). The Bertz CT molecular complexity index is 456. The molecule has 5 heteroatoms. The van der Waals surface area contributed by atoms with Crippen molar-refractivity contribution in [2.24, 2.45) is 5.73 Å². The van der Waals surface area contributed by atoms with E-state index in [1.807, 2.05) is 0 Å². The average Bonchev–Trinajstić information content (AvgIpc) is 2.28. The zero-order valence-corrected chi connectivity index (χ0v) is 11.2. The molecule has 4 N–H and O–H groups in total. The van der Waals surface area contributed by atoms with Crippen LogP contribution in [0.25, 0.3) is 0 Å². The van der Waals surface area contributed by atoms with Gasteiger partial charge in [0.05, 0.1) is 5.56 Å². The quantitative estimate of drug-likeness (QED) is 0.785. The average molecular weight is 268 g/mol. The molecule has 0 saturated carbocycles. The number of halogens is 1. The summed E-state index contributed by atoms with van der Waals surface area (Å²) in [6, 6.07) is 5.10. The number of nitrogens with two attached hydrogens (primary N) is 1. The highest BCUT2D eigenvalue weighted by Crippen LogP contribution is 2.28. The number of piperidine rings is 1. The Morgan fingerprint density at radius 2 is 2.11 bits per heavy atom. The molecule has 1 aliphatic rings. The normalized spacial score (nSPS) is 18.3. The Morgan fingerprint density at radius 1 is 1.44 bits per heavy atom. The van der Waals surface area contributed by atoms with Crippen LogP contribution in [-0.2, 0) is 0 Å². The van der Waals surface area contributed by atoms with Gasteiger partial charge in [0.1, 0.15) is 0 Å². The van der Waals surface area contributed by atoms with Gasteiger partial charge in [-0.25, -0.2) is 0 Å². The summed E-state index contributed by atoms with van der Waals surface area (Å²) in [6.07, 6.45) is 2.00. The number of carbonyl (C=O) groups excluding carboxylic acids is 1. The van der Waals surface area contributed by atoms with E-state index in [4.69, 9.17) is 17.3 Å².